The maximum Gasteiger partial charge on any atom is 0.307 e. The van der Waals surface area contributed by atoms with E-state index in [0.29, 0.717) is 32.7 Å². The molecule has 5 heteroatoms. The van der Waals surface area contributed by atoms with Crippen LogP contribution in [0.25, 0.3) is 0 Å². The first-order valence-electron chi connectivity index (χ1n) is 8.18. The quantitative estimate of drug-likeness (QED) is 0.566. The number of rotatable bonds is 9. The van der Waals surface area contributed by atoms with Crippen LogP contribution in [0, 0.1) is 6.92 Å². The van der Waals surface area contributed by atoms with Crippen molar-refractivity contribution in [3.63, 3.8) is 0 Å². The molecule has 0 spiro atoms. The number of aryl methyl sites for hydroxylation is 1. The first kappa shape index (κ1) is 17.9. The molecule has 0 saturated heterocycles. The van der Waals surface area contributed by atoms with Crippen LogP contribution in [0.2, 0.25) is 0 Å². The van der Waals surface area contributed by atoms with Crippen molar-refractivity contribution in [1.82, 2.24) is 10.3 Å². The highest BCUT2D eigenvalue weighted by Crippen LogP contribution is 2.14. The van der Waals surface area contributed by atoms with Crippen LogP contribution in [0.4, 0.5) is 0 Å². The molecule has 128 valence electrons. The van der Waals surface area contributed by atoms with Gasteiger partial charge in [-0.15, -0.1) is 0 Å². The number of carbonyl (C=O) groups is 1. The fourth-order valence-electron chi connectivity index (χ4n) is 2.20. The number of nitrogens with zero attached hydrogens (tertiary/aromatic N) is 1. The summed E-state index contributed by atoms with van der Waals surface area (Å²) in [5, 5.41) is 3.22. The number of pyridine rings is 1. The number of benzene rings is 1. The van der Waals surface area contributed by atoms with Crippen molar-refractivity contribution in [3.05, 3.63) is 59.4 Å². The minimum atomic E-state index is -0.168. The second kappa shape index (κ2) is 9.67. The van der Waals surface area contributed by atoms with Crippen molar-refractivity contribution >= 4 is 5.97 Å². The lowest BCUT2D eigenvalue weighted by Gasteiger charge is -2.08. The molecule has 0 aliphatic carbocycles. The molecule has 0 amide bonds. The van der Waals surface area contributed by atoms with E-state index in [1.165, 1.54) is 0 Å². The Morgan fingerprint density at radius 1 is 1.17 bits per heavy atom. The average Bonchev–Trinajstić information content (AvgIpc) is 2.58. The summed E-state index contributed by atoms with van der Waals surface area (Å²) >= 11 is 0. The predicted molar refractivity (Wildman–Crippen MR) is 92.7 cm³/mol. The molecule has 2 rings (SSSR count). The molecular formula is C19H24N2O3. The van der Waals surface area contributed by atoms with Crippen LogP contribution in [0.5, 0.6) is 5.75 Å². The van der Waals surface area contributed by atoms with Crippen molar-refractivity contribution in [3.8, 4) is 5.75 Å². The van der Waals surface area contributed by atoms with Gasteiger partial charge in [-0.1, -0.05) is 18.2 Å². The second-order valence-corrected chi connectivity index (χ2v) is 5.43. The van der Waals surface area contributed by atoms with Crippen LogP contribution in [0.3, 0.4) is 0 Å². The molecule has 0 unspecified atom stereocenters. The van der Waals surface area contributed by atoms with Gasteiger partial charge in [0.2, 0.25) is 0 Å². The molecule has 2 aromatic rings. The highest BCUT2D eigenvalue weighted by Gasteiger charge is 2.01. The van der Waals surface area contributed by atoms with E-state index in [-0.39, 0.29) is 5.97 Å². The molecular weight excluding hydrogens is 304 g/mol. The largest absolute Gasteiger partial charge is 0.487 e. The predicted octanol–water partition coefficient (Wildman–Crippen LogP) is 3.01. The van der Waals surface area contributed by atoms with Gasteiger partial charge < -0.3 is 14.8 Å². The van der Waals surface area contributed by atoms with Crippen molar-refractivity contribution < 1.29 is 14.3 Å². The summed E-state index contributed by atoms with van der Waals surface area (Å²) in [7, 11) is 0. The van der Waals surface area contributed by atoms with Crippen LogP contribution in [-0.4, -0.2) is 24.1 Å². The van der Waals surface area contributed by atoms with Gasteiger partial charge in [0.25, 0.3) is 0 Å². The SMILES string of the molecule is CCOC(=O)CCNCc1ccc(OCc2cccc(C)n2)cc1. The highest BCUT2D eigenvalue weighted by atomic mass is 16.5. The number of esters is 1. The summed E-state index contributed by atoms with van der Waals surface area (Å²) in [5.74, 6) is 0.645. The van der Waals surface area contributed by atoms with Crippen molar-refractivity contribution in [2.75, 3.05) is 13.2 Å². The Hall–Kier alpha value is -2.40. The third kappa shape index (κ3) is 6.38. The van der Waals surface area contributed by atoms with Gasteiger partial charge in [-0.05, 0) is 43.7 Å². The van der Waals surface area contributed by atoms with Crippen molar-refractivity contribution in [2.45, 2.75) is 33.4 Å². The lowest BCUT2D eigenvalue weighted by atomic mass is 10.2. The van der Waals surface area contributed by atoms with Crippen molar-refractivity contribution in [2.24, 2.45) is 0 Å². The van der Waals surface area contributed by atoms with E-state index in [0.717, 1.165) is 22.7 Å². The van der Waals surface area contributed by atoms with Crippen LogP contribution >= 0.6 is 0 Å². The van der Waals surface area contributed by atoms with Gasteiger partial charge in [-0.2, -0.15) is 0 Å². The Bertz CT molecular complexity index is 641. The van der Waals surface area contributed by atoms with E-state index < -0.39 is 0 Å². The average molecular weight is 328 g/mol. The Labute approximate surface area is 143 Å². The van der Waals surface area contributed by atoms with Gasteiger partial charge in [0.15, 0.2) is 0 Å². The minimum Gasteiger partial charge on any atom is -0.487 e. The first-order chi connectivity index (χ1) is 11.7. The number of nitrogens with one attached hydrogen (secondary N) is 1. The molecule has 1 heterocycles. The second-order valence-electron chi connectivity index (χ2n) is 5.43. The van der Waals surface area contributed by atoms with E-state index in [1.54, 1.807) is 0 Å². The number of carbonyl (C=O) groups excluding carboxylic acids is 1. The normalized spacial score (nSPS) is 10.4. The zero-order valence-corrected chi connectivity index (χ0v) is 14.2. The van der Waals surface area contributed by atoms with E-state index in [1.807, 2.05) is 56.3 Å². The van der Waals surface area contributed by atoms with Gasteiger partial charge in [0.1, 0.15) is 12.4 Å². The molecule has 0 atom stereocenters. The molecule has 24 heavy (non-hydrogen) atoms. The maximum absolute atomic E-state index is 11.2. The standard InChI is InChI=1S/C19H24N2O3/c1-3-23-19(22)11-12-20-13-16-7-9-18(10-8-16)24-14-17-6-4-5-15(2)21-17/h4-10,20H,3,11-14H2,1-2H3. The summed E-state index contributed by atoms with van der Waals surface area (Å²) in [6.45, 7) is 5.98. The molecule has 1 aromatic carbocycles. The number of hydrogen-bond donors (Lipinski definition) is 1. The van der Waals surface area contributed by atoms with Crippen molar-refractivity contribution in [1.29, 1.82) is 0 Å². The highest BCUT2D eigenvalue weighted by molar-refractivity contribution is 5.69. The van der Waals surface area contributed by atoms with E-state index in [2.05, 4.69) is 10.3 Å². The minimum absolute atomic E-state index is 0.168. The Morgan fingerprint density at radius 3 is 2.67 bits per heavy atom. The fourth-order valence-corrected chi connectivity index (χ4v) is 2.20. The maximum atomic E-state index is 11.2. The van der Waals surface area contributed by atoms with E-state index in [9.17, 15) is 4.79 Å². The third-order valence-electron chi connectivity index (χ3n) is 3.40. The van der Waals surface area contributed by atoms with E-state index in [4.69, 9.17) is 9.47 Å². The van der Waals surface area contributed by atoms with Gasteiger partial charge in [0.05, 0.1) is 18.7 Å². The Balaban J connectivity index is 1.71. The summed E-state index contributed by atoms with van der Waals surface area (Å²) in [6, 6.07) is 13.8. The third-order valence-corrected chi connectivity index (χ3v) is 3.40. The fraction of sp³-hybridized carbons (Fsp3) is 0.368. The van der Waals surface area contributed by atoms with Crippen LogP contribution in [0.1, 0.15) is 30.3 Å². The van der Waals surface area contributed by atoms with Crippen LogP contribution in [-0.2, 0) is 22.7 Å². The van der Waals surface area contributed by atoms with Gasteiger partial charge in [0, 0.05) is 18.8 Å². The topological polar surface area (TPSA) is 60.5 Å². The molecule has 1 aromatic heterocycles. The van der Waals surface area contributed by atoms with Crippen LogP contribution in [0.15, 0.2) is 42.5 Å². The lowest BCUT2D eigenvalue weighted by Crippen LogP contribution is -2.19. The van der Waals surface area contributed by atoms with Gasteiger partial charge in [-0.3, -0.25) is 9.78 Å². The van der Waals surface area contributed by atoms with E-state index >= 15 is 0 Å². The molecule has 1 N–H and O–H groups in total. The number of hydrogen-bond acceptors (Lipinski definition) is 5. The number of ether oxygens (including phenoxy) is 2. The molecule has 0 aliphatic heterocycles. The van der Waals surface area contributed by atoms with Gasteiger partial charge in [-0.25, -0.2) is 0 Å². The molecule has 0 aliphatic rings. The summed E-state index contributed by atoms with van der Waals surface area (Å²) in [6.07, 6.45) is 0.387. The zero-order chi connectivity index (χ0) is 17.2. The smallest absolute Gasteiger partial charge is 0.307 e. The lowest BCUT2D eigenvalue weighted by molar-refractivity contribution is -0.142. The summed E-state index contributed by atoms with van der Waals surface area (Å²) in [5.41, 5.74) is 3.04. The monoisotopic (exact) mass is 328 g/mol. The molecule has 0 radical (unpaired) electrons. The summed E-state index contributed by atoms with van der Waals surface area (Å²) in [4.78, 5) is 15.6. The molecule has 0 fully saturated rings. The molecule has 0 saturated carbocycles. The molecule has 0 bridgehead atoms. The zero-order valence-electron chi connectivity index (χ0n) is 14.2. The first-order valence-corrected chi connectivity index (χ1v) is 8.18. The van der Waals surface area contributed by atoms with Crippen LogP contribution < -0.4 is 10.1 Å². The Morgan fingerprint density at radius 2 is 1.96 bits per heavy atom. The molecule has 5 nitrogen and oxygen atoms in total. The number of aromatic nitrogens is 1. The van der Waals surface area contributed by atoms with Gasteiger partial charge >= 0.3 is 5.97 Å². The summed E-state index contributed by atoms with van der Waals surface area (Å²) < 4.78 is 10.6. The Kier molecular flexibility index (Phi) is 7.23.